The number of nitrogens with one attached hydrogen (secondary N) is 1. The first kappa shape index (κ1) is 12.6. The number of rotatable bonds is 6. The van der Waals surface area contributed by atoms with Crippen LogP contribution in [0.2, 0.25) is 0 Å². The highest BCUT2D eigenvalue weighted by Gasteiger charge is 2.29. The lowest BCUT2D eigenvalue weighted by molar-refractivity contribution is 0.148. The van der Waals surface area contributed by atoms with Crippen LogP contribution in [0.25, 0.3) is 0 Å². The van der Waals surface area contributed by atoms with Gasteiger partial charge in [0.1, 0.15) is 0 Å². The van der Waals surface area contributed by atoms with E-state index in [-0.39, 0.29) is 6.10 Å². The molecule has 0 spiro atoms. The number of hydrogen-bond donors (Lipinski definition) is 2. The first-order valence-electron chi connectivity index (χ1n) is 6.49. The normalized spacial score (nSPS) is 17.7. The lowest BCUT2D eigenvalue weighted by atomic mass is 10.1. The summed E-state index contributed by atoms with van der Waals surface area (Å²) < 4.78 is 1.86. The fraction of sp³-hybridized carbons (Fsp3) is 0.769. The second kappa shape index (κ2) is 5.19. The van der Waals surface area contributed by atoms with Gasteiger partial charge >= 0.3 is 0 Å². The van der Waals surface area contributed by atoms with Crippen molar-refractivity contribution < 1.29 is 5.11 Å². The molecule has 2 N–H and O–H groups in total. The Morgan fingerprint density at radius 2 is 2.24 bits per heavy atom. The molecule has 0 bridgehead atoms. The van der Waals surface area contributed by atoms with E-state index in [0.717, 1.165) is 12.2 Å². The Hall–Kier alpha value is -0.870. The third kappa shape index (κ3) is 3.30. The summed E-state index contributed by atoms with van der Waals surface area (Å²) in [5, 5.41) is 17.6. The summed E-state index contributed by atoms with van der Waals surface area (Å²) >= 11 is 0. The Kier molecular flexibility index (Phi) is 3.84. The van der Waals surface area contributed by atoms with Gasteiger partial charge in [-0.25, -0.2) is 0 Å². The largest absolute Gasteiger partial charge is 0.392 e. The summed E-state index contributed by atoms with van der Waals surface area (Å²) in [6.45, 7) is 5.80. The quantitative estimate of drug-likeness (QED) is 0.786. The van der Waals surface area contributed by atoms with Crippen molar-refractivity contribution in [1.29, 1.82) is 0 Å². The Bertz CT molecular complexity index is 369. The van der Waals surface area contributed by atoms with Crippen molar-refractivity contribution in [2.24, 2.45) is 13.0 Å². The molecular weight excluding hydrogens is 214 g/mol. The van der Waals surface area contributed by atoms with E-state index in [2.05, 4.69) is 30.5 Å². The molecule has 96 valence electrons. The molecule has 2 rings (SSSR count). The van der Waals surface area contributed by atoms with Gasteiger partial charge in [-0.3, -0.25) is 4.68 Å². The predicted octanol–water partition coefficient (Wildman–Crippen LogP) is 1.40. The van der Waals surface area contributed by atoms with Crippen molar-refractivity contribution in [3.8, 4) is 0 Å². The minimum absolute atomic E-state index is 0.172. The maximum atomic E-state index is 9.77. The molecule has 4 nitrogen and oxygen atoms in total. The Balaban J connectivity index is 1.85. The smallest absolute Gasteiger partial charge is 0.0694 e. The fourth-order valence-electron chi connectivity index (χ4n) is 2.18. The van der Waals surface area contributed by atoms with Gasteiger partial charge in [-0.15, -0.1) is 0 Å². The van der Waals surface area contributed by atoms with Gasteiger partial charge in [0.15, 0.2) is 0 Å². The minimum Gasteiger partial charge on any atom is -0.392 e. The van der Waals surface area contributed by atoms with E-state index in [1.165, 1.54) is 18.4 Å². The number of aromatic nitrogens is 2. The van der Waals surface area contributed by atoms with Gasteiger partial charge in [0.25, 0.3) is 0 Å². The van der Waals surface area contributed by atoms with Crippen LogP contribution >= 0.6 is 0 Å². The third-order valence-corrected chi connectivity index (χ3v) is 3.32. The van der Waals surface area contributed by atoms with E-state index in [1.807, 2.05) is 11.7 Å². The highest BCUT2D eigenvalue weighted by Crippen LogP contribution is 2.32. The van der Waals surface area contributed by atoms with Crippen LogP contribution in [-0.2, 0) is 13.6 Å². The number of aliphatic hydroxyl groups excluding tert-OH is 1. The van der Waals surface area contributed by atoms with Crippen molar-refractivity contribution in [3.63, 3.8) is 0 Å². The van der Waals surface area contributed by atoms with E-state index >= 15 is 0 Å². The second-order valence-corrected chi connectivity index (χ2v) is 5.40. The van der Waals surface area contributed by atoms with Gasteiger partial charge in [-0.05, 0) is 24.7 Å². The molecule has 1 aliphatic carbocycles. The van der Waals surface area contributed by atoms with Gasteiger partial charge in [-0.1, -0.05) is 13.8 Å². The van der Waals surface area contributed by atoms with Crippen LogP contribution in [-0.4, -0.2) is 27.5 Å². The lowest BCUT2D eigenvalue weighted by Crippen LogP contribution is -2.28. The van der Waals surface area contributed by atoms with E-state index in [0.29, 0.717) is 18.4 Å². The summed E-state index contributed by atoms with van der Waals surface area (Å²) in [6, 6.07) is 0. The van der Waals surface area contributed by atoms with Gasteiger partial charge in [0, 0.05) is 31.9 Å². The molecule has 1 fully saturated rings. The fourth-order valence-corrected chi connectivity index (χ4v) is 2.18. The monoisotopic (exact) mass is 237 g/mol. The highest BCUT2D eigenvalue weighted by molar-refractivity contribution is 5.19. The molecule has 1 saturated carbocycles. The molecule has 0 aromatic carbocycles. The topological polar surface area (TPSA) is 50.1 Å². The lowest BCUT2D eigenvalue weighted by Gasteiger charge is -2.11. The summed E-state index contributed by atoms with van der Waals surface area (Å²) in [6.07, 6.45) is 4.26. The van der Waals surface area contributed by atoms with Crippen molar-refractivity contribution >= 4 is 0 Å². The molecule has 1 atom stereocenters. The molecule has 1 unspecified atom stereocenters. The van der Waals surface area contributed by atoms with Crippen LogP contribution in [0.1, 0.15) is 43.9 Å². The van der Waals surface area contributed by atoms with E-state index in [4.69, 9.17) is 0 Å². The molecule has 1 heterocycles. The maximum Gasteiger partial charge on any atom is 0.0694 e. The zero-order valence-electron chi connectivity index (χ0n) is 11.0. The van der Waals surface area contributed by atoms with Crippen LogP contribution < -0.4 is 5.32 Å². The molecule has 0 aliphatic heterocycles. The number of nitrogens with zero attached hydrogens (tertiary/aromatic N) is 2. The molecule has 1 aromatic rings. The zero-order valence-corrected chi connectivity index (χ0v) is 11.0. The van der Waals surface area contributed by atoms with Crippen molar-refractivity contribution in [1.82, 2.24) is 15.1 Å². The predicted molar refractivity (Wildman–Crippen MR) is 67.7 cm³/mol. The van der Waals surface area contributed by atoms with E-state index in [9.17, 15) is 5.11 Å². The van der Waals surface area contributed by atoms with E-state index in [1.54, 1.807) is 0 Å². The van der Waals surface area contributed by atoms with Gasteiger partial charge < -0.3 is 10.4 Å². The van der Waals surface area contributed by atoms with Crippen LogP contribution in [0.5, 0.6) is 0 Å². The van der Waals surface area contributed by atoms with Crippen molar-refractivity contribution in [2.45, 2.75) is 45.3 Å². The van der Waals surface area contributed by atoms with Crippen molar-refractivity contribution in [3.05, 3.63) is 17.5 Å². The Morgan fingerprint density at radius 1 is 1.53 bits per heavy atom. The Morgan fingerprint density at radius 3 is 2.82 bits per heavy atom. The summed E-state index contributed by atoms with van der Waals surface area (Å²) in [4.78, 5) is 0. The number of aryl methyl sites for hydroxylation is 1. The number of hydrogen-bond acceptors (Lipinski definition) is 3. The second-order valence-electron chi connectivity index (χ2n) is 5.40. The van der Waals surface area contributed by atoms with Gasteiger partial charge in [-0.2, -0.15) is 5.10 Å². The number of aliphatic hydroxyl groups is 1. The first-order chi connectivity index (χ1) is 8.08. The summed E-state index contributed by atoms with van der Waals surface area (Å²) in [5.74, 6) is 0.988. The maximum absolute atomic E-state index is 9.77. The average Bonchev–Trinajstić information content (AvgIpc) is 3.03. The van der Waals surface area contributed by atoms with Crippen molar-refractivity contribution in [2.75, 3.05) is 6.54 Å². The van der Waals surface area contributed by atoms with Gasteiger partial charge in [0.05, 0.1) is 11.8 Å². The van der Waals surface area contributed by atoms with Crippen LogP contribution in [0.4, 0.5) is 0 Å². The first-order valence-corrected chi connectivity index (χ1v) is 6.49. The summed E-state index contributed by atoms with van der Waals surface area (Å²) in [7, 11) is 1.95. The molecular formula is C13H23N3O. The van der Waals surface area contributed by atoms with Crippen LogP contribution in [0.3, 0.4) is 0 Å². The molecule has 0 amide bonds. The standard InChI is InChI=1S/C13H23N3O/c1-9(2)13-11(8-16(3)15-13)6-14-7-12(17)10-4-5-10/h8-10,12,14,17H,4-7H2,1-3H3. The third-order valence-electron chi connectivity index (χ3n) is 3.32. The zero-order chi connectivity index (χ0) is 12.4. The van der Waals surface area contributed by atoms with E-state index < -0.39 is 0 Å². The average molecular weight is 237 g/mol. The highest BCUT2D eigenvalue weighted by atomic mass is 16.3. The minimum atomic E-state index is -0.172. The Labute approximate surface area is 103 Å². The molecule has 1 aromatic heterocycles. The van der Waals surface area contributed by atoms with Crippen LogP contribution in [0, 0.1) is 5.92 Å². The molecule has 17 heavy (non-hydrogen) atoms. The molecule has 1 aliphatic rings. The summed E-state index contributed by atoms with van der Waals surface area (Å²) in [5.41, 5.74) is 2.39. The molecule has 4 heteroatoms. The van der Waals surface area contributed by atoms with Gasteiger partial charge in [0.2, 0.25) is 0 Å². The SMILES string of the molecule is CC(C)c1nn(C)cc1CNCC(O)C1CC1. The molecule has 0 radical (unpaired) electrons. The van der Waals surface area contributed by atoms with Crippen LogP contribution in [0.15, 0.2) is 6.20 Å². The molecule has 0 saturated heterocycles.